The van der Waals surface area contributed by atoms with E-state index in [1.54, 1.807) is 0 Å². The summed E-state index contributed by atoms with van der Waals surface area (Å²) in [4.78, 5) is 0. The molecule has 0 radical (unpaired) electrons. The fourth-order valence-corrected chi connectivity index (χ4v) is 3.26. The molecule has 0 amide bonds. The molecule has 0 aliphatic carbocycles. The fraction of sp³-hybridized carbons (Fsp3) is 0.143. The summed E-state index contributed by atoms with van der Waals surface area (Å²) in [5.41, 5.74) is 2.30. The zero-order valence-corrected chi connectivity index (χ0v) is 12.7. The van der Waals surface area contributed by atoms with Gasteiger partial charge in [-0.25, -0.2) is 0 Å². The lowest BCUT2D eigenvalue weighted by Gasteiger charge is -2.14. The molecule has 0 aliphatic heterocycles. The van der Waals surface area contributed by atoms with E-state index in [9.17, 15) is 0 Å². The van der Waals surface area contributed by atoms with Gasteiger partial charge in [0.2, 0.25) is 0 Å². The lowest BCUT2D eigenvalue weighted by atomic mass is 9.92. The summed E-state index contributed by atoms with van der Waals surface area (Å²) < 4.78 is 5.77. The van der Waals surface area contributed by atoms with Gasteiger partial charge in [-0.15, -0.1) is 0 Å². The third-order valence-corrected chi connectivity index (χ3v) is 4.22. The highest BCUT2D eigenvalue weighted by atomic mass is 16.5. The Balaban J connectivity index is 1.94. The molecule has 0 spiro atoms. The van der Waals surface area contributed by atoms with Crippen LogP contribution in [0.25, 0.3) is 32.3 Å². The van der Waals surface area contributed by atoms with Crippen LogP contribution in [0.2, 0.25) is 0 Å². The van der Waals surface area contributed by atoms with E-state index in [0.29, 0.717) is 13.2 Å². The second-order valence-corrected chi connectivity index (χ2v) is 6.03. The highest BCUT2D eigenvalue weighted by Gasteiger charge is 2.10. The van der Waals surface area contributed by atoms with Crippen LogP contribution in [0.15, 0.2) is 66.7 Å². The van der Waals surface area contributed by atoms with Gasteiger partial charge >= 0.3 is 0 Å². The Morgan fingerprint density at radius 1 is 0.864 bits per heavy atom. The van der Waals surface area contributed by atoms with E-state index in [1.807, 2.05) is 6.92 Å². The Bertz CT molecular complexity index is 965. The summed E-state index contributed by atoms with van der Waals surface area (Å²) in [5, 5.41) is 7.91. The summed E-state index contributed by atoms with van der Waals surface area (Å²) in [6.45, 7) is 7.12. The molecule has 0 aliphatic rings. The van der Waals surface area contributed by atoms with Crippen LogP contribution in [0.1, 0.15) is 12.5 Å². The predicted octanol–water partition coefficient (Wildman–Crippen LogP) is 5.68. The Labute approximate surface area is 130 Å². The van der Waals surface area contributed by atoms with E-state index < -0.39 is 0 Å². The molecule has 0 unspecified atom stereocenters. The molecule has 1 nitrogen and oxygen atoms in total. The van der Waals surface area contributed by atoms with E-state index in [2.05, 4.69) is 61.2 Å². The smallest absolute Gasteiger partial charge is 0.0727 e. The van der Waals surface area contributed by atoms with Gasteiger partial charge in [-0.2, -0.15) is 0 Å². The van der Waals surface area contributed by atoms with E-state index >= 15 is 0 Å². The molecule has 1 heteroatoms. The van der Waals surface area contributed by atoms with Crippen LogP contribution < -0.4 is 0 Å². The van der Waals surface area contributed by atoms with Crippen LogP contribution >= 0.6 is 0 Å². The minimum absolute atomic E-state index is 0.613. The summed E-state index contributed by atoms with van der Waals surface area (Å²) in [5.74, 6) is 0. The summed E-state index contributed by atoms with van der Waals surface area (Å²) in [6.07, 6.45) is 0. The monoisotopic (exact) mass is 286 g/mol. The highest BCUT2D eigenvalue weighted by molar-refractivity contribution is 6.23. The van der Waals surface area contributed by atoms with Crippen LogP contribution in [0, 0.1) is 0 Å². The van der Waals surface area contributed by atoms with Gasteiger partial charge in [0.15, 0.2) is 0 Å². The van der Waals surface area contributed by atoms with Crippen molar-refractivity contribution in [3.8, 4) is 0 Å². The van der Waals surface area contributed by atoms with Crippen molar-refractivity contribution in [1.82, 2.24) is 0 Å². The van der Waals surface area contributed by atoms with E-state index in [0.717, 1.165) is 5.57 Å². The first kappa shape index (κ1) is 13.3. The van der Waals surface area contributed by atoms with Gasteiger partial charge in [0.1, 0.15) is 0 Å². The molecular formula is C21H18O. The van der Waals surface area contributed by atoms with Gasteiger partial charge in [0.25, 0.3) is 0 Å². The molecule has 0 heterocycles. The van der Waals surface area contributed by atoms with Crippen LogP contribution in [-0.2, 0) is 11.3 Å². The van der Waals surface area contributed by atoms with Crippen LogP contribution in [0.3, 0.4) is 0 Å². The highest BCUT2D eigenvalue weighted by Crippen LogP contribution is 2.35. The number of ether oxygens (including phenoxy) is 1. The third-order valence-electron chi connectivity index (χ3n) is 4.22. The lowest BCUT2D eigenvalue weighted by Crippen LogP contribution is -1.97. The lowest BCUT2D eigenvalue weighted by molar-refractivity contribution is 0.144. The van der Waals surface area contributed by atoms with Crippen molar-refractivity contribution in [3.05, 3.63) is 72.3 Å². The van der Waals surface area contributed by atoms with Gasteiger partial charge in [0.05, 0.1) is 13.2 Å². The van der Waals surface area contributed by atoms with Crippen molar-refractivity contribution in [2.45, 2.75) is 13.5 Å². The van der Waals surface area contributed by atoms with Crippen molar-refractivity contribution in [2.75, 3.05) is 6.61 Å². The van der Waals surface area contributed by atoms with Gasteiger partial charge in [0, 0.05) is 0 Å². The summed E-state index contributed by atoms with van der Waals surface area (Å²) in [6, 6.07) is 19.7. The first-order valence-corrected chi connectivity index (χ1v) is 7.61. The van der Waals surface area contributed by atoms with Crippen molar-refractivity contribution in [1.29, 1.82) is 0 Å². The maximum atomic E-state index is 5.77. The minimum Gasteiger partial charge on any atom is -0.372 e. The molecule has 0 aromatic heterocycles. The van der Waals surface area contributed by atoms with Crippen LogP contribution in [-0.4, -0.2) is 6.61 Å². The maximum Gasteiger partial charge on any atom is 0.0727 e. The normalized spacial score (nSPS) is 11.7. The molecule has 22 heavy (non-hydrogen) atoms. The largest absolute Gasteiger partial charge is 0.372 e. The zero-order chi connectivity index (χ0) is 15.1. The predicted molar refractivity (Wildman–Crippen MR) is 94.6 cm³/mol. The van der Waals surface area contributed by atoms with E-state index in [4.69, 9.17) is 4.74 Å². The molecule has 0 N–H and O–H groups in total. The SMILES string of the molecule is C=C(C)COCc1ccc2ccc3cccc4ccc1c2c34. The number of benzene rings is 4. The molecule has 0 saturated heterocycles. The first-order chi connectivity index (χ1) is 10.7. The Morgan fingerprint density at radius 2 is 1.50 bits per heavy atom. The van der Waals surface area contributed by atoms with Crippen LogP contribution in [0.4, 0.5) is 0 Å². The second kappa shape index (κ2) is 5.11. The molecule has 0 saturated carbocycles. The Morgan fingerprint density at radius 3 is 2.23 bits per heavy atom. The molecule has 4 aromatic rings. The number of hydrogen-bond donors (Lipinski definition) is 0. The summed E-state index contributed by atoms with van der Waals surface area (Å²) >= 11 is 0. The van der Waals surface area contributed by atoms with Gasteiger partial charge in [-0.3, -0.25) is 0 Å². The van der Waals surface area contributed by atoms with Crippen molar-refractivity contribution in [2.24, 2.45) is 0 Å². The van der Waals surface area contributed by atoms with Crippen molar-refractivity contribution in [3.63, 3.8) is 0 Å². The molecule has 4 rings (SSSR count). The van der Waals surface area contributed by atoms with Crippen molar-refractivity contribution < 1.29 is 4.74 Å². The summed E-state index contributed by atoms with van der Waals surface area (Å²) in [7, 11) is 0. The topological polar surface area (TPSA) is 9.23 Å². The Hall–Kier alpha value is -2.38. The minimum atomic E-state index is 0.613. The third kappa shape index (κ3) is 2.06. The average molecular weight is 286 g/mol. The van der Waals surface area contributed by atoms with Gasteiger partial charge in [-0.1, -0.05) is 66.7 Å². The van der Waals surface area contributed by atoms with Crippen molar-refractivity contribution >= 4 is 32.3 Å². The molecule has 0 atom stereocenters. The Kier molecular flexibility index (Phi) is 3.09. The average Bonchev–Trinajstić information content (AvgIpc) is 2.53. The fourth-order valence-electron chi connectivity index (χ4n) is 3.26. The van der Waals surface area contributed by atoms with E-state index in [-0.39, 0.29) is 0 Å². The molecule has 0 bridgehead atoms. The first-order valence-electron chi connectivity index (χ1n) is 7.61. The van der Waals surface area contributed by atoms with E-state index in [1.165, 1.54) is 37.9 Å². The van der Waals surface area contributed by atoms with Gasteiger partial charge in [-0.05, 0) is 44.8 Å². The maximum absolute atomic E-state index is 5.77. The zero-order valence-electron chi connectivity index (χ0n) is 12.7. The van der Waals surface area contributed by atoms with Crippen LogP contribution in [0.5, 0.6) is 0 Å². The van der Waals surface area contributed by atoms with Gasteiger partial charge < -0.3 is 4.74 Å². The molecule has 0 fully saturated rings. The number of rotatable bonds is 4. The second-order valence-electron chi connectivity index (χ2n) is 6.03. The molecular weight excluding hydrogens is 268 g/mol. The quantitative estimate of drug-likeness (QED) is 0.346. The number of hydrogen-bond acceptors (Lipinski definition) is 1. The standard InChI is InChI=1S/C21H18O/c1-14(2)12-22-13-18-9-8-17-7-6-15-4-3-5-16-10-11-19(18)21(17)20(15)16/h3-11H,1,12-13H2,2H3. The molecule has 108 valence electrons. The molecule has 4 aromatic carbocycles.